The number of para-hydroxylation sites is 1. The van der Waals surface area contributed by atoms with Crippen LogP contribution in [0.4, 0.5) is 5.69 Å². The molecule has 0 aliphatic rings. The summed E-state index contributed by atoms with van der Waals surface area (Å²) in [6, 6.07) is 7.58. The average molecular weight is 245 g/mol. The zero-order chi connectivity index (χ0) is 13.8. The monoisotopic (exact) mass is 245 g/mol. The van der Waals surface area contributed by atoms with Crippen molar-refractivity contribution in [3.05, 3.63) is 29.3 Å². The maximum absolute atomic E-state index is 11.7. The van der Waals surface area contributed by atoms with Gasteiger partial charge in [0.15, 0.2) is 0 Å². The van der Waals surface area contributed by atoms with Crippen LogP contribution in [0.15, 0.2) is 18.2 Å². The first-order valence-electron chi connectivity index (χ1n) is 5.88. The van der Waals surface area contributed by atoms with E-state index in [0.29, 0.717) is 5.56 Å². The van der Waals surface area contributed by atoms with Crippen molar-refractivity contribution in [1.82, 2.24) is 5.32 Å². The van der Waals surface area contributed by atoms with Gasteiger partial charge in [-0.15, -0.1) is 0 Å². The molecule has 4 nitrogen and oxygen atoms in total. The minimum absolute atomic E-state index is 0.0883. The van der Waals surface area contributed by atoms with E-state index in [1.54, 1.807) is 6.07 Å². The number of amides is 1. The molecule has 96 valence electrons. The summed E-state index contributed by atoms with van der Waals surface area (Å²) in [5.74, 6) is -0.0883. The lowest BCUT2D eigenvalue weighted by atomic mass is 10.1. The van der Waals surface area contributed by atoms with E-state index in [1.807, 2.05) is 39.8 Å². The van der Waals surface area contributed by atoms with E-state index < -0.39 is 0 Å². The van der Waals surface area contributed by atoms with Crippen LogP contribution in [0.5, 0.6) is 0 Å². The Balaban J connectivity index is 2.70. The average Bonchev–Trinajstić information content (AvgIpc) is 2.24. The van der Waals surface area contributed by atoms with Crippen molar-refractivity contribution in [2.24, 2.45) is 0 Å². The van der Waals surface area contributed by atoms with Crippen LogP contribution in [-0.2, 0) is 4.79 Å². The quantitative estimate of drug-likeness (QED) is 0.858. The fourth-order valence-corrected chi connectivity index (χ4v) is 1.63. The number of nitrogens with zero attached hydrogens (tertiary/aromatic N) is 1. The number of carbonyl (C=O) groups is 1. The molecular weight excluding hydrogens is 226 g/mol. The second kappa shape index (κ2) is 5.54. The molecule has 2 N–H and O–H groups in total. The summed E-state index contributed by atoms with van der Waals surface area (Å²) < 4.78 is 0. The van der Waals surface area contributed by atoms with E-state index in [9.17, 15) is 4.79 Å². The van der Waals surface area contributed by atoms with Crippen LogP contribution in [0.3, 0.4) is 0 Å². The van der Waals surface area contributed by atoms with Crippen LogP contribution in [0, 0.1) is 18.3 Å². The first kappa shape index (κ1) is 14.0. The SMILES string of the molecule is Cc1cccc(C#N)c1NCC(=O)NC(C)(C)C. The molecule has 0 saturated carbocycles. The van der Waals surface area contributed by atoms with Gasteiger partial charge in [-0.3, -0.25) is 4.79 Å². The topological polar surface area (TPSA) is 64.9 Å². The van der Waals surface area contributed by atoms with E-state index in [0.717, 1.165) is 11.3 Å². The van der Waals surface area contributed by atoms with Crippen LogP contribution in [-0.4, -0.2) is 18.0 Å². The van der Waals surface area contributed by atoms with Gasteiger partial charge in [0.25, 0.3) is 0 Å². The summed E-state index contributed by atoms with van der Waals surface area (Å²) in [6.45, 7) is 7.86. The smallest absolute Gasteiger partial charge is 0.239 e. The van der Waals surface area contributed by atoms with Crippen molar-refractivity contribution in [1.29, 1.82) is 5.26 Å². The Bertz CT molecular complexity index is 481. The van der Waals surface area contributed by atoms with Gasteiger partial charge in [0.05, 0.1) is 17.8 Å². The molecule has 0 unspecified atom stereocenters. The van der Waals surface area contributed by atoms with Crippen LogP contribution < -0.4 is 10.6 Å². The molecule has 0 heterocycles. The standard InChI is InChI=1S/C14H19N3O/c1-10-6-5-7-11(8-15)13(10)16-9-12(18)17-14(2,3)4/h5-7,16H,9H2,1-4H3,(H,17,18). The summed E-state index contributed by atoms with van der Waals surface area (Å²) in [5, 5.41) is 14.9. The molecule has 0 saturated heterocycles. The second-order valence-corrected chi connectivity index (χ2v) is 5.26. The minimum Gasteiger partial charge on any atom is -0.375 e. The number of hydrogen-bond donors (Lipinski definition) is 2. The Labute approximate surface area is 108 Å². The summed E-state index contributed by atoms with van der Waals surface area (Å²) in [7, 11) is 0. The minimum atomic E-state index is -0.247. The van der Waals surface area contributed by atoms with Gasteiger partial charge in [0.2, 0.25) is 5.91 Å². The van der Waals surface area contributed by atoms with E-state index in [1.165, 1.54) is 0 Å². The number of aryl methyl sites for hydroxylation is 1. The maximum atomic E-state index is 11.7. The van der Waals surface area contributed by atoms with Gasteiger partial charge in [-0.25, -0.2) is 0 Å². The summed E-state index contributed by atoms with van der Waals surface area (Å²) in [4.78, 5) is 11.7. The Morgan fingerprint density at radius 2 is 2.06 bits per heavy atom. The molecule has 0 spiro atoms. The van der Waals surface area contributed by atoms with Crippen LogP contribution in [0.25, 0.3) is 0 Å². The van der Waals surface area contributed by atoms with Gasteiger partial charge >= 0.3 is 0 Å². The van der Waals surface area contributed by atoms with Gasteiger partial charge in [-0.1, -0.05) is 12.1 Å². The molecule has 0 aliphatic carbocycles. The third kappa shape index (κ3) is 4.10. The summed E-state index contributed by atoms with van der Waals surface area (Å²) in [5.41, 5.74) is 1.99. The zero-order valence-corrected chi connectivity index (χ0v) is 11.3. The molecule has 1 aromatic carbocycles. The number of anilines is 1. The van der Waals surface area contributed by atoms with Gasteiger partial charge in [0.1, 0.15) is 6.07 Å². The highest BCUT2D eigenvalue weighted by Crippen LogP contribution is 2.19. The molecule has 1 amide bonds. The molecule has 18 heavy (non-hydrogen) atoms. The van der Waals surface area contributed by atoms with Crippen LogP contribution in [0.1, 0.15) is 31.9 Å². The Morgan fingerprint density at radius 3 is 2.61 bits per heavy atom. The predicted octanol–water partition coefficient (Wildman–Crippen LogP) is 2.19. The number of nitriles is 1. The second-order valence-electron chi connectivity index (χ2n) is 5.26. The number of nitrogens with one attached hydrogen (secondary N) is 2. The lowest BCUT2D eigenvalue weighted by Gasteiger charge is -2.21. The van der Waals surface area contributed by atoms with Crippen LogP contribution >= 0.6 is 0 Å². The highest BCUT2D eigenvalue weighted by molar-refractivity contribution is 5.82. The van der Waals surface area contributed by atoms with E-state index in [4.69, 9.17) is 5.26 Å². The highest BCUT2D eigenvalue weighted by atomic mass is 16.2. The van der Waals surface area contributed by atoms with Crippen LogP contribution in [0.2, 0.25) is 0 Å². The Kier molecular flexibility index (Phi) is 4.33. The number of carbonyl (C=O) groups excluding carboxylic acids is 1. The molecule has 0 atom stereocenters. The van der Waals surface area contributed by atoms with Crippen molar-refractivity contribution in [3.8, 4) is 6.07 Å². The molecule has 4 heteroatoms. The summed E-state index contributed by atoms with van der Waals surface area (Å²) in [6.07, 6.45) is 0. The molecule has 0 fully saturated rings. The first-order valence-corrected chi connectivity index (χ1v) is 5.88. The molecule has 0 bridgehead atoms. The molecular formula is C14H19N3O. The zero-order valence-electron chi connectivity index (χ0n) is 11.3. The van der Waals surface area contributed by atoms with E-state index in [2.05, 4.69) is 16.7 Å². The largest absolute Gasteiger partial charge is 0.375 e. The van der Waals surface area contributed by atoms with Gasteiger partial charge in [-0.2, -0.15) is 5.26 Å². The fourth-order valence-electron chi connectivity index (χ4n) is 1.63. The maximum Gasteiger partial charge on any atom is 0.239 e. The Hall–Kier alpha value is -2.02. The number of hydrogen-bond acceptors (Lipinski definition) is 3. The van der Waals surface area contributed by atoms with Crippen molar-refractivity contribution < 1.29 is 4.79 Å². The van der Waals surface area contributed by atoms with Crippen molar-refractivity contribution >= 4 is 11.6 Å². The molecule has 1 aromatic rings. The Morgan fingerprint density at radius 1 is 1.39 bits per heavy atom. The van der Waals surface area contributed by atoms with Crippen molar-refractivity contribution in [2.75, 3.05) is 11.9 Å². The molecule has 0 aromatic heterocycles. The lowest BCUT2D eigenvalue weighted by Crippen LogP contribution is -2.43. The van der Waals surface area contributed by atoms with Crippen molar-refractivity contribution in [2.45, 2.75) is 33.2 Å². The summed E-state index contributed by atoms with van der Waals surface area (Å²) >= 11 is 0. The highest BCUT2D eigenvalue weighted by Gasteiger charge is 2.14. The molecule has 0 radical (unpaired) electrons. The molecule has 0 aliphatic heterocycles. The van der Waals surface area contributed by atoms with E-state index in [-0.39, 0.29) is 18.0 Å². The first-order chi connectivity index (χ1) is 8.33. The van der Waals surface area contributed by atoms with E-state index >= 15 is 0 Å². The predicted molar refractivity (Wildman–Crippen MR) is 72.3 cm³/mol. The van der Waals surface area contributed by atoms with Gasteiger partial charge < -0.3 is 10.6 Å². The fraction of sp³-hybridized carbons (Fsp3) is 0.429. The van der Waals surface area contributed by atoms with Gasteiger partial charge in [-0.05, 0) is 39.3 Å². The van der Waals surface area contributed by atoms with Gasteiger partial charge in [0, 0.05) is 5.54 Å². The number of rotatable bonds is 3. The normalized spacial score (nSPS) is 10.6. The number of benzene rings is 1. The molecule has 1 rings (SSSR count). The lowest BCUT2D eigenvalue weighted by molar-refractivity contribution is -0.120. The third-order valence-corrected chi connectivity index (χ3v) is 2.33. The third-order valence-electron chi connectivity index (χ3n) is 2.33. The van der Waals surface area contributed by atoms with Crippen molar-refractivity contribution in [3.63, 3.8) is 0 Å².